The van der Waals surface area contributed by atoms with Crippen molar-refractivity contribution in [3.8, 4) is 0 Å². The van der Waals surface area contributed by atoms with E-state index in [0.29, 0.717) is 3.57 Å². The molecule has 0 spiro atoms. The molecule has 0 aliphatic carbocycles. The van der Waals surface area contributed by atoms with Crippen LogP contribution in [0.1, 0.15) is 23.2 Å². The Labute approximate surface area is 98.7 Å². The van der Waals surface area contributed by atoms with Crippen LogP contribution in [0.25, 0.3) is 0 Å². The lowest BCUT2D eigenvalue weighted by molar-refractivity contribution is -0.136. The van der Waals surface area contributed by atoms with E-state index in [2.05, 4.69) is 4.98 Å². The number of aliphatic carboxylic acids is 1. The van der Waals surface area contributed by atoms with Gasteiger partial charge in [0.15, 0.2) is 0 Å². The standard InChI is InChI=1S/C9H8F2INO2/c1-4-8(9(10)11)5(2-7(14)15)6(12)3-13-4/h3,9H,2H2,1H3,(H,14,15). The van der Waals surface area contributed by atoms with E-state index in [0.717, 1.165) is 0 Å². The summed E-state index contributed by atoms with van der Waals surface area (Å²) < 4.78 is 25.8. The zero-order valence-electron chi connectivity index (χ0n) is 7.80. The molecule has 0 saturated carbocycles. The molecule has 3 nitrogen and oxygen atoms in total. The van der Waals surface area contributed by atoms with Crippen molar-refractivity contribution in [2.45, 2.75) is 19.8 Å². The Balaban J connectivity index is 3.31. The molecule has 0 aliphatic rings. The smallest absolute Gasteiger partial charge is 0.307 e. The molecule has 1 aromatic rings. The molecule has 15 heavy (non-hydrogen) atoms. The van der Waals surface area contributed by atoms with E-state index in [1.54, 1.807) is 0 Å². The van der Waals surface area contributed by atoms with Gasteiger partial charge in [0.25, 0.3) is 6.43 Å². The monoisotopic (exact) mass is 327 g/mol. The van der Waals surface area contributed by atoms with Crippen LogP contribution < -0.4 is 0 Å². The van der Waals surface area contributed by atoms with Crippen molar-refractivity contribution in [3.05, 3.63) is 26.6 Å². The SMILES string of the molecule is Cc1ncc(I)c(CC(=O)O)c1C(F)F. The number of aryl methyl sites for hydroxylation is 1. The van der Waals surface area contributed by atoms with E-state index in [-0.39, 0.29) is 16.8 Å². The number of carboxylic acids is 1. The summed E-state index contributed by atoms with van der Waals surface area (Å²) in [5.41, 5.74) is 0.0802. The summed E-state index contributed by atoms with van der Waals surface area (Å²) in [7, 11) is 0. The molecule has 0 fully saturated rings. The van der Waals surface area contributed by atoms with Crippen molar-refractivity contribution < 1.29 is 18.7 Å². The lowest BCUT2D eigenvalue weighted by atomic mass is 10.0. The van der Waals surface area contributed by atoms with Gasteiger partial charge in [-0.15, -0.1) is 0 Å². The van der Waals surface area contributed by atoms with E-state index >= 15 is 0 Å². The molecule has 1 aromatic heterocycles. The molecule has 0 amide bonds. The first kappa shape index (κ1) is 12.3. The van der Waals surface area contributed by atoms with Crippen LogP contribution in [0, 0.1) is 10.5 Å². The molecule has 6 heteroatoms. The van der Waals surface area contributed by atoms with Crippen molar-refractivity contribution in [3.63, 3.8) is 0 Å². The lowest BCUT2D eigenvalue weighted by Gasteiger charge is -2.11. The Hall–Kier alpha value is -0.790. The number of hydrogen-bond acceptors (Lipinski definition) is 2. The minimum atomic E-state index is -2.69. The number of alkyl halides is 2. The van der Waals surface area contributed by atoms with Crippen molar-refractivity contribution >= 4 is 28.6 Å². The summed E-state index contributed by atoms with van der Waals surface area (Å²) in [6.07, 6.45) is -1.69. The number of nitrogens with zero attached hydrogens (tertiary/aromatic N) is 1. The van der Waals surface area contributed by atoms with Gasteiger partial charge in [0.05, 0.1) is 6.42 Å². The molecule has 1 rings (SSSR count). The largest absolute Gasteiger partial charge is 0.481 e. The van der Waals surface area contributed by atoms with E-state index in [1.807, 2.05) is 22.6 Å². The highest BCUT2D eigenvalue weighted by Gasteiger charge is 2.20. The first-order chi connectivity index (χ1) is 6.93. The predicted molar refractivity (Wildman–Crippen MR) is 58.0 cm³/mol. The van der Waals surface area contributed by atoms with Gasteiger partial charge in [-0.3, -0.25) is 9.78 Å². The molecule has 0 saturated heterocycles. The van der Waals surface area contributed by atoms with Crippen molar-refractivity contribution in [1.82, 2.24) is 4.98 Å². The second-order valence-electron chi connectivity index (χ2n) is 2.95. The highest BCUT2D eigenvalue weighted by Crippen LogP contribution is 2.28. The topological polar surface area (TPSA) is 50.2 Å². The molecule has 0 atom stereocenters. The third-order valence-corrected chi connectivity index (χ3v) is 2.85. The van der Waals surface area contributed by atoms with Crippen molar-refractivity contribution in [2.75, 3.05) is 0 Å². The molecule has 1 N–H and O–H groups in total. The van der Waals surface area contributed by atoms with E-state index in [9.17, 15) is 13.6 Å². The van der Waals surface area contributed by atoms with Crippen LogP contribution in [0.4, 0.5) is 8.78 Å². The highest BCUT2D eigenvalue weighted by molar-refractivity contribution is 14.1. The third-order valence-electron chi connectivity index (χ3n) is 1.92. The number of aromatic nitrogens is 1. The molecular weight excluding hydrogens is 319 g/mol. The maximum absolute atomic E-state index is 12.7. The third kappa shape index (κ3) is 2.83. The quantitative estimate of drug-likeness (QED) is 0.868. The Morgan fingerprint density at radius 1 is 1.67 bits per heavy atom. The van der Waals surface area contributed by atoms with Crippen LogP contribution in [-0.4, -0.2) is 16.1 Å². The van der Waals surface area contributed by atoms with Gasteiger partial charge in [-0.1, -0.05) is 0 Å². The summed E-state index contributed by atoms with van der Waals surface area (Å²) in [6, 6.07) is 0. The average molecular weight is 327 g/mol. The van der Waals surface area contributed by atoms with Crippen LogP contribution >= 0.6 is 22.6 Å². The molecular formula is C9H8F2INO2. The van der Waals surface area contributed by atoms with Crippen LogP contribution in [0.5, 0.6) is 0 Å². The summed E-state index contributed by atoms with van der Waals surface area (Å²) in [5, 5.41) is 8.62. The summed E-state index contributed by atoms with van der Waals surface area (Å²) >= 11 is 1.81. The summed E-state index contributed by atoms with van der Waals surface area (Å²) in [4.78, 5) is 14.3. The van der Waals surface area contributed by atoms with Gasteiger partial charge in [-0.05, 0) is 35.1 Å². The number of carboxylic acid groups (broad SMARTS) is 1. The van der Waals surface area contributed by atoms with Crippen LogP contribution in [0.15, 0.2) is 6.20 Å². The Kier molecular flexibility index (Phi) is 3.95. The minimum Gasteiger partial charge on any atom is -0.481 e. The van der Waals surface area contributed by atoms with Gasteiger partial charge in [0, 0.05) is 21.0 Å². The van der Waals surface area contributed by atoms with Crippen LogP contribution in [-0.2, 0) is 11.2 Å². The van der Waals surface area contributed by atoms with Gasteiger partial charge < -0.3 is 5.11 Å². The fourth-order valence-corrected chi connectivity index (χ4v) is 1.89. The zero-order chi connectivity index (χ0) is 11.6. The maximum Gasteiger partial charge on any atom is 0.307 e. The Morgan fingerprint density at radius 3 is 2.73 bits per heavy atom. The molecule has 0 aromatic carbocycles. The highest BCUT2D eigenvalue weighted by atomic mass is 127. The maximum atomic E-state index is 12.7. The van der Waals surface area contributed by atoms with Gasteiger partial charge in [0.2, 0.25) is 0 Å². The summed E-state index contributed by atoms with van der Waals surface area (Å²) in [6.45, 7) is 1.45. The van der Waals surface area contributed by atoms with Crippen LogP contribution in [0.2, 0.25) is 0 Å². The Morgan fingerprint density at radius 2 is 2.27 bits per heavy atom. The first-order valence-electron chi connectivity index (χ1n) is 4.07. The zero-order valence-corrected chi connectivity index (χ0v) is 9.96. The van der Waals surface area contributed by atoms with Crippen molar-refractivity contribution in [1.29, 1.82) is 0 Å². The first-order valence-corrected chi connectivity index (χ1v) is 5.15. The average Bonchev–Trinajstić information content (AvgIpc) is 2.10. The second-order valence-corrected chi connectivity index (χ2v) is 4.12. The molecule has 0 unspecified atom stereocenters. The van der Waals surface area contributed by atoms with E-state index in [1.165, 1.54) is 13.1 Å². The molecule has 1 heterocycles. The molecule has 0 radical (unpaired) electrons. The number of rotatable bonds is 3. The minimum absolute atomic E-state index is 0.158. The predicted octanol–water partition coefficient (Wildman–Crippen LogP) is 2.56. The number of carbonyl (C=O) groups is 1. The van der Waals surface area contributed by atoms with Gasteiger partial charge in [0.1, 0.15) is 0 Å². The second kappa shape index (κ2) is 4.82. The Bertz CT molecular complexity index is 396. The number of pyridine rings is 1. The van der Waals surface area contributed by atoms with Crippen molar-refractivity contribution in [2.24, 2.45) is 0 Å². The van der Waals surface area contributed by atoms with E-state index in [4.69, 9.17) is 5.11 Å². The normalized spacial score (nSPS) is 10.7. The molecule has 0 bridgehead atoms. The van der Waals surface area contributed by atoms with Crippen LogP contribution in [0.3, 0.4) is 0 Å². The number of halogens is 3. The molecule has 82 valence electrons. The van der Waals surface area contributed by atoms with Gasteiger partial charge in [-0.2, -0.15) is 0 Å². The van der Waals surface area contributed by atoms with Gasteiger partial charge >= 0.3 is 5.97 Å². The van der Waals surface area contributed by atoms with Gasteiger partial charge in [-0.25, -0.2) is 8.78 Å². The fraction of sp³-hybridized carbons (Fsp3) is 0.333. The lowest BCUT2D eigenvalue weighted by Crippen LogP contribution is -2.09. The molecule has 0 aliphatic heterocycles. The van der Waals surface area contributed by atoms with E-state index < -0.39 is 18.8 Å². The fourth-order valence-electron chi connectivity index (χ4n) is 1.27. The number of hydrogen-bond donors (Lipinski definition) is 1. The summed E-state index contributed by atoms with van der Waals surface area (Å²) in [5.74, 6) is -1.12.